The summed E-state index contributed by atoms with van der Waals surface area (Å²) in [6.45, 7) is 5.00. The van der Waals surface area contributed by atoms with Gasteiger partial charge >= 0.3 is 0 Å². The van der Waals surface area contributed by atoms with E-state index >= 15 is 0 Å². The van der Waals surface area contributed by atoms with Crippen LogP contribution in [0.4, 0.5) is 0 Å². The fraction of sp³-hybridized carbons (Fsp3) is 0.588. The molecule has 0 saturated carbocycles. The molecule has 0 bridgehead atoms. The summed E-state index contributed by atoms with van der Waals surface area (Å²) in [7, 11) is 0. The first-order chi connectivity index (χ1) is 11.8. The molecule has 24 heavy (non-hydrogen) atoms. The minimum Gasteiger partial charge on any atom is -0.381 e. The van der Waals surface area contributed by atoms with E-state index in [1.165, 1.54) is 0 Å². The van der Waals surface area contributed by atoms with Crippen molar-refractivity contribution in [2.24, 2.45) is 5.92 Å². The molecule has 1 atom stereocenters. The van der Waals surface area contributed by atoms with E-state index in [1.54, 1.807) is 23.0 Å². The highest BCUT2D eigenvalue weighted by molar-refractivity contribution is 4.97. The average Bonchev–Trinajstić information content (AvgIpc) is 2.96. The Balaban J connectivity index is 1.57. The zero-order chi connectivity index (χ0) is 16.4. The highest BCUT2D eigenvalue weighted by atomic mass is 16.5. The van der Waals surface area contributed by atoms with E-state index in [2.05, 4.69) is 19.5 Å². The Morgan fingerprint density at radius 2 is 2.08 bits per heavy atom. The number of nitrogens with zero attached hydrogens (tertiary/aromatic N) is 5. The van der Waals surface area contributed by atoms with Crippen molar-refractivity contribution < 1.29 is 4.74 Å². The van der Waals surface area contributed by atoms with Gasteiger partial charge < -0.3 is 9.30 Å². The Kier molecular flexibility index (Phi) is 4.44. The minimum atomic E-state index is -0.0368. The van der Waals surface area contributed by atoms with Crippen molar-refractivity contribution in [2.45, 2.75) is 38.5 Å². The monoisotopic (exact) mass is 329 g/mol. The van der Waals surface area contributed by atoms with Crippen LogP contribution in [0.2, 0.25) is 0 Å². The second kappa shape index (κ2) is 6.86. The van der Waals surface area contributed by atoms with E-state index in [1.807, 2.05) is 12.4 Å². The first-order valence-electron chi connectivity index (χ1n) is 8.63. The Morgan fingerprint density at radius 1 is 1.21 bits per heavy atom. The van der Waals surface area contributed by atoms with E-state index in [4.69, 9.17) is 4.74 Å². The highest BCUT2D eigenvalue weighted by Crippen LogP contribution is 2.23. The van der Waals surface area contributed by atoms with Crippen molar-refractivity contribution in [1.82, 2.24) is 24.2 Å². The number of rotatable bonds is 3. The first kappa shape index (κ1) is 15.5. The third-order valence-electron chi connectivity index (χ3n) is 5.02. The van der Waals surface area contributed by atoms with Gasteiger partial charge in [0, 0.05) is 62.9 Å². The van der Waals surface area contributed by atoms with Gasteiger partial charge in [0.15, 0.2) is 0 Å². The number of hydrogen-bond donors (Lipinski definition) is 0. The van der Waals surface area contributed by atoms with E-state index in [0.29, 0.717) is 18.5 Å². The summed E-state index contributed by atoms with van der Waals surface area (Å²) >= 11 is 0. The van der Waals surface area contributed by atoms with Crippen LogP contribution in [0.15, 0.2) is 35.5 Å². The van der Waals surface area contributed by atoms with Crippen molar-refractivity contribution in [1.29, 1.82) is 0 Å². The second-order valence-electron chi connectivity index (χ2n) is 6.68. The Labute approximate surface area is 140 Å². The van der Waals surface area contributed by atoms with E-state index in [-0.39, 0.29) is 5.56 Å². The number of fused-ring (bicyclic) bond motifs is 1. The van der Waals surface area contributed by atoms with Gasteiger partial charge in [-0.1, -0.05) is 0 Å². The molecule has 0 aromatic carbocycles. The Morgan fingerprint density at radius 3 is 2.92 bits per heavy atom. The summed E-state index contributed by atoms with van der Waals surface area (Å²) in [5.41, 5.74) is -0.0368. The van der Waals surface area contributed by atoms with Gasteiger partial charge in [-0.2, -0.15) is 5.10 Å². The fourth-order valence-corrected chi connectivity index (χ4v) is 3.78. The van der Waals surface area contributed by atoms with Gasteiger partial charge in [-0.3, -0.25) is 9.69 Å². The average molecular weight is 329 g/mol. The number of hydrogen-bond acceptors (Lipinski definition) is 5. The van der Waals surface area contributed by atoms with Crippen LogP contribution in [0, 0.1) is 5.92 Å². The third-order valence-corrected chi connectivity index (χ3v) is 5.02. The van der Waals surface area contributed by atoms with Crippen molar-refractivity contribution >= 4 is 0 Å². The maximum Gasteiger partial charge on any atom is 0.266 e. The van der Waals surface area contributed by atoms with Crippen LogP contribution >= 0.6 is 0 Å². The molecule has 2 aliphatic heterocycles. The molecule has 2 aromatic rings. The zero-order valence-electron chi connectivity index (χ0n) is 13.8. The Bertz CT molecular complexity index is 734. The van der Waals surface area contributed by atoms with Crippen molar-refractivity contribution in [3.05, 3.63) is 46.9 Å². The predicted molar refractivity (Wildman–Crippen MR) is 88.5 cm³/mol. The molecule has 0 aliphatic carbocycles. The first-order valence-corrected chi connectivity index (χ1v) is 8.63. The number of ether oxygens (including phenoxy) is 1. The van der Waals surface area contributed by atoms with Crippen LogP contribution in [0.1, 0.15) is 18.7 Å². The summed E-state index contributed by atoms with van der Waals surface area (Å²) in [5.74, 6) is 1.44. The van der Waals surface area contributed by atoms with Gasteiger partial charge in [-0.05, 0) is 18.9 Å². The zero-order valence-corrected chi connectivity index (χ0v) is 13.8. The standard InChI is InChI=1S/C17H23N5O2/c23-17-2-1-5-19-22(17)12-14-10-20-7-6-18-16(20)13-21(11-14)15-3-8-24-9-4-15/h1-2,5-7,14-15H,3-4,8-13H2/t14-/m1/s1. The van der Waals surface area contributed by atoms with Gasteiger partial charge in [-0.15, -0.1) is 0 Å². The summed E-state index contributed by atoms with van der Waals surface area (Å²) in [6.07, 6.45) is 7.72. The van der Waals surface area contributed by atoms with Crippen molar-refractivity contribution in [3.63, 3.8) is 0 Å². The second-order valence-corrected chi connectivity index (χ2v) is 6.68. The van der Waals surface area contributed by atoms with Gasteiger partial charge in [0.05, 0.1) is 13.1 Å². The molecule has 1 fully saturated rings. The van der Waals surface area contributed by atoms with E-state index in [9.17, 15) is 4.79 Å². The van der Waals surface area contributed by atoms with Crippen LogP contribution in [-0.2, 0) is 24.4 Å². The summed E-state index contributed by atoms with van der Waals surface area (Å²) in [5, 5.41) is 4.22. The van der Waals surface area contributed by atoms with Gasteiger partial charge in [0.1, 0.15) is 5.82 Å². The summed E-state index contributed by atoms with van der Waals surface area (Å²) in [6, 6.07) is 3.79. The van der Waals surface area contributed by atoms with Crippen LogP contribution in [-0.4, -0.2) is 50.0 Å². The topological polar surface area (TPSA) is 65.2 Å². The van der Waals surface area contributed by atoms with Crippen molar-refractivity contribution in [2.75, 3.05) is 19.8 Å². The quantitative estimate of drug-likeness (QED) is 0.831. The van der Waals surface area contributed by atoms with Gasteiger partial charge in [0.2, 0.25) is 0 Å². The normalized spacial score (nSPS) is 22.9. The third kappa shape index (κ3) is 3.27. The molecular formula is C17H23N5O2. The molecule has 1 saturated heterocycles. The molecule has 0 radical (unpaired) electrons. The largest absolute Gasteiger partial charge is 0.381 e. The van der Waals surface area contributed by atoms with Gasteiger partial charge in [0.25, 0.3) is 5.56 Å². The molecule has 4 heterocycles. The lowest BCUT2D eigenvalue weighted by Crippen LogP contribution is -2.42. The fourth-order valence-electron chi connectivity index (χ4n) is 3.78. The lowest BCUT2D eigenvalue weighted by Gasteiger charge is -2.34. The van der Waals surface area contributed by atoms with Crippen LogP contribution in [0.25, 0.3) is 0 Å². The maximum absolute atomic E-state index is 12.0. The molecule has 0 N–H and O–H groups in total. The van der Waals surface area contributed by atoms with Crippen molar-refractivity contribution in [3.8, 4) is 0 Å². The lowest BCUT2D eigenvalue weighted by atomic mass is 10.0. The molecule has 0 unspecified atom stereocenters. The molecule has 0 spiro atoms. The van der Waals surface area contributed by atoms with E-state index < -0.39 is 0 Å². The number of imidazole rings is 1. The molecule has 128 valence electrons. The lowest BCUT2D eigenvalue weighted by molar-refractivity contribution is 0.0248. The summed E-state index contributed by atoms with van der Waals surface area (Å²) < 4.78 is 9.31. The molecule has 2 aliphatic rings. The minimum absolute atomic E-state index is 0.0368. The molecule has 7 heteroatoms. The highest BCUT2D eigenvalue weighted by Gasteiger charge is 2.29. The smallest absolute Gasteiger partial charge is 0.266 e. The van der Waals surface area contributed by atoms with E-state index in [0.717, 1.165) is 51.5 Å². The van der Waals surface area contributed by atoms with Crippen LogP contribution in [0.5, 0.6) is 0 Å². The molecule has 2 aromatic heterocycles. The summed E-state index contributed by atoms with van der Waals surface area (Å²) in [4.78, 5) is 19.1. The molecule has 7 nitrogen and oxygen atoms in total. The SMILES string of the molecule is O=c1cccnn1C[C@H]1CN(C2CCOCC2)Cc2nccn2C1. The van der Waals surface area contributed by atoms with Crippen LogP contribution < -0.4 is 5.56 Å². The molecule has 0 amide bonds. The molecule has 4 rings (SSSR count). The van der Waals surface area contributed by atoms with Gasteiger partial charge in [-0.25, -0.2) is 9.67 Å². The number of aromatic nitrogens is 4. The predicted octanol–water partition coefficient (Wildman–Crippen LogP) is 0.751. The maximum atomic E-state index is 12.0. The molecular weight excluding hydrogens is 306 g/mol. The van der Waals surface area contributed by atoms with Crippen LogP contribution in [0.3, 0.4) is 0 Å². The Hall–Kier alpha value is -1.99.